The molecule has 22 heavy (non-hydrogen) atoms. The van der Waals surface area contributed by atoms with Crippen LogP contribution in [0.3, 0.4) is 0 Å². The molecule has 1 aliphatic heterocycles. The van der Waals surface area contributed by atoms with Crippen LogP contribution in [-0.4, -0.2) is 40.0 Å². The lowest BCUT2D eigenvalue weighted by atomic mass is 10.1. The van der Waals surface area contributed by atoms with Crippen LogP contribution in [0.4, 0.5) is 0 Å². The molecule has 0 aromatic carbocycles. The van der Waals surface area contributed by atoms with Crippen molar-refractivity contribution in [1.29, 1.82) is 0 Å². The van der Waals surface area contributed by atoms with E-state index in [1.807, 2.05) is 17.5 Å². The van der Waals surface area contributed by atoms with Crippen LogP contribution in [0, 0.1) is 0 Å². The van der Waals surface area contributed by atoms with Crippen LogP contribution in [0.15, 0.2) is 41.8 Å². The number of carboxylic acid groups (broad SMARTS) is 1. The molecule has 0 fully saturated rings. The minimum absolute atomic E-state index is 0.113. The molecule has 3 rings (SSSR count). The maximum Gasteiger partial charge on any atom is 0.354 e. The Morgan fingerprint density at radius 2 is 2.00 bits per heavy atom. The van der Waals surface area contributed by atoms with Gasteiger partial charge in [0, 0.05) is 18.0 Å². The number of thiophene rings is 1. The van der Waals surface area contributed by atoms with Gasteiger partial charge in [0.2, 0.25) is 0 Å². The molecule has 112 valence electrons. The van der Waals surface area contributed by atoms with Gasteiger partial charge in [0.25, 0.3) is 5.91 Å². The van der Waals surface area contributed by atoms with Crippen molar-refractivity contribution in [3.05, 3.63) is 58.1 Å². The van der Waals surface area contributed by atoms with Crippen LogP contribution < -0.4 is 0 Å². The summed E-state index contributed by atoms with van der Waals surface area (Å²) in [5.41, 5.74) is 1.32. The van der Waals surface area contributed by atoms with Gasteiger partial charge in [0.1, 0.15) is 11.4 Å². The third kappa shape index (κ3) is 2.92. The Labute approximate surface area is 131 Å². The zero-order valence-electron chi connectivity index (χ0n) is 11.7. The predicted molar refractivity (Wildman–Crippen MR) is 84.0 cm³/mol. The first-order chi connectivity index (χ1) is 10.6. The second-order valence-corrected chi connectivity index (χ2v) is 5.87. The molecule has 0 radical (unpaired) electrons. The normalized spacial score (nSPS) is 14.5. The topological polar surface area (TPSA) is 70.5 Å². The fourth-order valence-corrected chi connectivity index (χ4v) is 3.17. The second kappa shape index (κ2) is 6.11. The first-order valence-electron chi connectivity index (χ1n) is 6.87. The molecule has 1 aliphatic rings. The summed E-state index contributed by atoms with van der Waals surface area (Å²) >= 11 is 1.69. The average Bonchev–Trinajstić information content (AvgIpc) is 3.09. The molecular formula is C16H14N2O3S. The smallest absolute Gasteiger partial charge is 0.354 e. The fourth-order valence-electron chi connectivity index (χ4n) is 2.37. The number of amides is 1. The molecule has 0 saturated heterocycles. The Bertz CT molecular complexity index is 738. The van der Waals surface area contributed by atoms with Gasteiger partial charge in [0.15, 0.2) is 0 Å². The molecule has 0 spiro atoms. The Morgan fingerprint density at radius 1 is 1.18 bits per heavy atom. The second-order valence-electron chi connectivity index (χ2n) is 4.92. The molecule has 0 atom stereocenters. The summed E-state index contributed by atoms with van der Waals surface area (Å²) in [5.74, 6) is -1.36. The van der Waals surface area contributed by atoms with E-state index in [9.17, 15) is 9.59 Å². The van der Waals surface area contributed by atoms with Gasteiger partial charge in [-0.2, -0.15) is 0 Å². The maximum atomic E-state index is 12.4. The van der Waals surface area contributed by atoms with E-state index in [0.29, 0.717) is 13.1 Å². The largest absolute Gasteiger partial charge is 0.477 e. The lowest BCUT2D eigenvalue weighted by molar-refractivity contribution is 0.0690. The summed E-state index contributed by atoms with van der Waals surface area (Å²) in [6, 6.07) is 8.56. The highest BCUT2D eigenvalue weighted by molar-refractivity contribution is 7.11. The van der Waals surface area contributed by atoms with Crippen LogP contribution in [-0.2, 0) is 0 Å². The maximum absolute atomic E-state index is 12.4. The van der Waals surface area contributed by atoms with E-state index >= 15 is 0 Å². The summed E-state index contributed by atoms with van der Waals surface area (Å²) in [7, 11) is 0. The predicted octanol–water partition coefficient (Wildman–Crippen LogP) is 2.77. The van der Waals surface area contributed by atoms with E-state index in [1.54, 1.807) is 28.4 Å². The Kier molecular flexibility index (Phi) is 4.02. The number of hydrogen-bond acceptors (Lipinski definition) is 4. The van der Waals surface area contributed by atoms with Crippen molar-refractivity contribution in [2.75, 3.05) is 13.1 Å². The zero-order valence-corrected chi connectivity index (χ0v) is 12.5. The molecule has 6 heteroatoms. The molecule has 1 N–H and O–H groups in total. The van der Waals surface area contributed by atoms with Crippen LogP contribution >= 0.6 is 11.3 Å². The quantitative estimate of drug-likeness (QED) is 0.945. The van der Waals surface area contributed by atoms with Crippen molar-refractivity contribution in [3.63, 3.8) is 0 Å². The van der Waals surface area contributed by atoms with Crippen LogP contribution in [0.1, 0.15) is 32.3 Å². The monoisotopic (exact) mass is 314 g/mol. The number of hydrogen-bond donors (Lipinski definition) is 1. The van der Waals surface area contributed by atoms with Gasteiger partial charge < -0.3 is 10.0 Å². The average molecular weight is 314 g/mol. The van der Waals surface area contributed by atoms with Crippen LogP contribution in [0.5, 0.6) is 0 Å². The lowest BCUT2D eigenvalue weighted by Gasteiger charge is -2.26. The van der Waals surface area contributed by atoms with E-state index in [0.717, 1.165) is 6.42 Å². The van der Waals surface area contributed by atoms with Crippen molar-refractivity contribution in [2.45, 2.75) is 6.42 Å². The summed E-state index contributed by atoms with van der Waals surface area (Å²) in [4.78, 5) is 30.2. The highest BCUT2D eigenvalue weighted by atomic mass is 32.1. The number of carbonyl (C=O) groups excluding carboxylic acids is 1. The molecule has 0 saturated carbocycles. The van der Waals surface area contributed by atoms with Gasteiger partial charge in [-0.15, -0.1) is 11.3 Å². The fraction of sp³-hybridized carbons (Fsp3) is 0.188. The summed E-state index contributed by atoms with van der Waals surface area (Å²) in [6.45, 7) is 1.13. The zero-order chi connectivity index (χ0) is 15.5. The number of rotatable bonds is 3. The summed E-state index contributed by atoms with van der Waals surface area (Å²) in [5, 5.41) is 11.0. The SMILES string of the molecule is O=C(O)c1cccc(C(=O)N2CC=C(c3cccs3)CC2)n1. The third-order valence-corrected chi connectivity index (χ3v) is 4.47. The molecule has 2 aromatic heterocycles. The number of aromatic nitrogens is 1. The van der Waals surface area contributed by atoms with Crippen molar-refractivity contribution in [2.24, 2.45) is 0 Å². The number of carboxylic acids is 1. The number of aromatic carboxylic acids is 1. The first-order valence-corrected chi connectivity index (χ1v) is 7.75. The number of carbonyl (C=O) groups is 2. The Morgan fingerprint density at radius 3 is 2.64 bits per heavy atom. The molecule has 0 aliphatic carbocycles. The third-order valence-electron chi connectivity index (χ3n) is 3.52. The van der Waals surface area contributed by atoms with Crippen LogP contribution in [0.25, 0.3) is 5.57 Å². The van der Waals surface area contributed by atoms with Gasteiger partial charge in [-0.1, -0.05) is 18.2 Å². The summed E-state index contributed by atoms with van der Waals surface area (Å²) in [6.07, 6.45) is 2.85. The van der Waals surface area contributed by atoms with Crippen molar-refractivity contribution >= 4 is 28.8 Å². The summed E-state index contributed by atoms with van der Waals surface area (Å²) < 4.78 is 0. The van der Waals surface area contributed by atoms with E-state index < -0.39 is 5.97 Å². The van der Waals surface area contributed by atoms with Gasteiger partial charge >= 0.3 is 5.97 Å². The minimum atomic E-state index is -1.13. The Hall–Kier alpha value is -2.47. The minimum Gasteiger partial charge on any atom is -0.477 e. The highest BCUT2D eigenvalue weighted by Gasteiger charge is 2.21. The standard InChI is InChI=1S/C16H14N2O3S/c19-15(12-3-1-4-13(17-12)16(20)21)18-8-6-11(7-9-18)14-5-2-10-22-14/h1-6,10H,7-9H2,(H,20,21). The van der Waals surface area contributed by atoms with Gasteiger partial charge in [-0.3, -0.25) is 4.79 Å². The molecule has 3 heterocycles. The first kappa shape index (κ1) is 14.5. The van der Waals surface area contributed by atoms with Gasteiger partial charge in [0.05, 0.1) is 0 Å². The number of nitrogens with zero attached hydrogens (tertiary/aromatic N) is 2. The molecule has 1 amide bonds. The Balaban J connectivity index is 1.74. The van der Waals surface area contributed by atoms with Crippen molar-refractivity contribution < 1.29 is 14.7 Å². The van der Waals surface area contributed by atoms with E-state index in [4.69, 9.17) is 5.11 Å². The van der Waals surface area contributed by atoms with Gasteiger partial charge in [-0.25, -0.2) is 9.78 Å². The van der Waals surface area contributed by atoms with Crippen molar-refractivity contribution in [1.82, 2.24) is 9.88 Å². The molecule has 0 unspecified atom stereocenters. The van der Waals surface area contributed by atoms with E-state index in [2.05, 4.69) is 11.1 Å². The lowest BCUT2D eigenvalue weighted by Crippen LogP contribution is -2.35. The van der Waals surface area contributed by atoms with Gasteiger partial charge in [-0.05, 0) is 35.6 Å². The highest BCUT2D eigenvalue weighted by Crippen LogP contribution is 2.26. The van der Waals surface area contributed by atoms with Crippen LogP contribution in [0.2, 0.25) is 0 Å². The van der Waals surface area contributed by atoms with Crippen molar-refractivity contribution in [3.8, 4) is 0 Å². The molecule has 2 aromatic rings. The molecule has 5 nitrogen and oxygen atoms in total. The molecule has 0 bridgehead atoms. The van der Waals surface area contributed by atoms with E-state index in [-0.39, 0.29) is 17.3 Å². The number of pyridine rings is 1. The van der Waals surface area contributed by atoms with E-state index in [1.165, 1.54) is 16.5 Å². The molecular weight excluding hydrogens is 300 g/mol.